The van der Waals surface area contributed by atoms with E-state index in [1.807, 2.05) is 0 Å². The Kier molecular flexibility index (Phi) is 10.7. The fourth-order valence-corrected chi connectivity index (χ4v) is 10.8. The molecule has 29 aliphatic rings. The Labute approximate surface area is 345 Å². The molecule has 29 heterocycles. The summed E-state index contributed by atoms with van der Waals surface area (Å²) in [5.41, 5.74) is 0. The number of aliphatic hydroxyl groups excluding tert-OH is 8. The van der Waals surface area contributed by atoms with E-state index in [0.29, 0.717) is 0 Å². The fourth-order valence-electron chi connectivity index (χ4n) is 10.8. The standard InChI is InChI=1S/C36H50O25/c37-1-7-20-13(38)14(39)31(50-7)57-21-8-2-46-27(21)16(41)33(52-8)59-23-10-4-48-29(23)18(43)35(54-10)61-25-12-6-49-30(25)19(44)36(55-12)60-24-11-5-47-28(24)17(42)34(53-11)58-22-9-3-45-26(22)15(40)32(51-9)56-20/h7-44H,1-6H2/t7-,8-,9-,10-,11-,12-,13-,14-,15-,16-,17-,18-,19-,20-,21-,22-,23-,24-,25-,26-,27-,28-,29-,30-,31-,32-,33-,34-,35-,36-/m1/s1. The highest BCUT2D eigenvalue weighted by Gasteiger charge is 2.63. The molecule has 0 spiro atoms. The average Bonchev–Trinajstić information content (AvgIpc) is 4.01. The van der Waals surface area contributed by atoms with Gasteiger partial charge in [-0.1, -0.05) is 0 Å². The third-order valence-electron chi connectivity index (χ3n) is 13.9. The molecular formula is C36H50O25. The summed E-state index contributed by atoms with van der Waals surface area (Å²) < 4.78 is 103. The summed E-state index contributed by atoms with van der Waals surface area (Å²) in [6.07, 6.45) is -35.5. The van der Waals surface area contributed by atoms with Crippen molar-refractivity contribution in [1.29, 1.82) is 0 Å². The van der Waals surface area contributed by atoms with Crippen LogP contribution in [0.5, 0.6) is 0 Å². The molecule has 29 aliphatic heterocycles. The SMILES string of the molecule is OC[C@H]1O[C@@H]2O[C@H]3[C@@H]4OC[C@H]3O[C@H](O[C@H]3[C@@H]5OC[C@H]3O[C@H](O[C@H]3[C@@H]6OC[C@H]3O[C@H](O[C@H]3[C@@H]7OC[C@H]3O[C@H](O[C@H]3[C@@H]8OC[C@H]3O[C@H](O[C@H]1[C@H](O)[C@H]2O)[C@@H]8O)[C@@H]7O)[C@@H]6O)[C@@H]5O)[C@@H]4O. The van der Waals surface area contributed by atoms with Gasteiger partial charge in [-0.15, -0.1) is 0 Å². The smallest absolute Gasteiger partial charge is 0.187 e. The van der Waals surface area contributed by atoms with E-state index in [2.05, 4.69) is 0 Å². The van der Waals surface area contributed by atoms with Crippen LogP contribution in [0.3, 0.4) is 0 Å². The van der Waals surface area contributed by atoms with Crippen molar-refractivity contribution in [3.8, 4) is 0 Å². The van der Waals surface area contributed by atoms with E-state index in [4.69, 9.17) is 80.5 Å². The van der Waals surface area contributed by atoms with E-state index >= 15 is 0 Å². The highest BCUT2D eigenvalue weighted by Crippen LogP contribution is 2.44. The molecule has 0 aromatic carbocycles. The zero-order valence-corrected chi connectivity index (χ0v) is 32.1. The molecule has 61 heavy (non-hydrogen) atoms. The molecule has 30 atom stereocenters. The van der Waals surface area contributed by atoms with Crippen molar-refractivity contribution < 1.29 is 121 Å². The van der Waals surface area contributed by atoms with Crippen LogP contribution >= 0.6 is 0 Å². The maximum atomic E-state index is 11.5. The normalized spacial score (nSPS) is 62.4. The second-order valence-corrected chi connectivity index (χ2v) is 17.5. The van der Waals surface area contributed by atoms with Crippen molar-refractivity contribution >= 4 is 0 Å². The van der Waals surface area contributed by atoms with Gasteiger partial charge in [-0.3, -0.25) is 0 Å². The Hall–Kier alpha value is -1.00. The topological polar surface area (TPSA) is 319 Å². The lowest BCUT2D eigenvalue weighted by molar-refractivity contribution is -0.377. The van der Waals surface area contributed by atoms with E-state index in [9.17, 15) is 40.9 Å². The van der Waals surface area contributed by atoms with Gasteiger partial charge in [0.2, 0.25) is 0 Å². The van der Waals surface area contributed by atoms with E-state index in [-0.39, 0.29) is 33.0 Å². The van der Waals surface area contributed by atoms with Crippen molar-refractivity contribution in [2.75, 3.05) is 39.6 Å². The molecule has 0 aromatic rings. The third kappa shape index (κ3) is 6.63. The van der Waals surface area contributed by atoms with Crippen LogP contribution in [0, 0.1) is 0 Å². The van der Waals surface area contributed by atoms with Gasteiger partial charge >= 0.3 is 0 Å². The van der Waals surface area contributed by atoms with Gasteiger partial charge in [-0.25, -0.2) is 0 Å². The summed E-state index contributed by atoms with van der Waals surface area (Å²) in [7, 11) is 0. The number of ether oxygens (including phenoxy) is 17. The molecule has 0 aromatic heterocycles. The number of hydrogen-bond acceptors (Lipinski definition) is 25. The molecule has 344 valence electrons. The molecule has 25 heteroatoms. The quantitative estimate of drug-likeness (QED) is 0.121. The fraction of sp³-hybridized carbons (Fsp3) is 1.00. The largest absolute Gasteiger partial charge is 0.394 e. The zero-order valence-electron chi connectivity index (χ0n) is 32.1. The van der Waals surface area contributed by atoms with Crippen LogP contribution in [0.15, 0.2) is 0 Å². The molecule has 22 bridgehead atoms. The van der Waals surface area contributed by atoms with E-state index in [1.54, 1.807) is 0 Å². The summed E-state index contributed by atoms with van der Waals surface area (Å²) >= 11 is 0. The van der Waals surface area contributed by atoms with E-state index in [0.717, 1.165) is 0 Å². The van der Waals surface area contributed by atoms with Crippen LogP contribution in [-0.4, -0.2) is 265 Å². The lowest BCUT2D eigenvalue weighted by Crippen LogP contribution is -2.66. The van der Waals surface area contributed by atoms with E-state index in [1.165, 1.54) is 0 Å². The second-order valence-electron chi connectivity index (χ2n) is 17.5. The summed E-state index contributed by atoms with van der Waals surface area (Å²) in [5, 5.41) is 90.1. The number of hydrogen-bond donors (Lipinski definition) is 8. The molecular weight excluding hydrogens is 832 g/mol. The van der Waals surface area contributed by atoms with Gasteiger partial charge in [0.05, 0.1) is 39.6 Å². The number of rotatable bonds is 1. The Morgan fingerprint density at radius 3 is 0.770 bits per heavy atom. The molecule has 0 saturated carbocycles. The minimum Gasteiger partial charge on any atom is -0.394 e. The first-order chi connectivity index (χ1) is 29.5. The monoisotopic (exact) mass is 882 g/mol. The zero-order chi connectivity index (χ0) is 41.6. The molecule has 8 N–H and O–H groups in total. The second kappa shape index (κ2) is 15.8. The highest BCUT2D eigenvalue weighted by molar-refractivity contribution is 5.05. The summed E-state index contributed by atoms with van der Waals surface area (Å²) in [6.45, 7) is -0.759. The van der Waals surface area contributed by atoms with Crippen LogP contribution in [0.2, 0.25) is 0 Å². The summed E-state index contributed by atoms with van der Waals surface area (Å²) in [6, 6.07) is 0. The Bertz CT molecular complexity index is 1590. The molecule has 0 unspecified atom stereocenters. The maximum absolute atomic E-state index is 11.5. The van der Waals surface area contributed by atoms with Gasteiger partial charge < -0.3 is 121 Å². The van der Waals surface area contributed by atoms with Gasteiger partial charge in [0.25, 0.3) is 0 Å². The highest BCUT2D eigenvalue weighted by atomic mass is 16.8. The van der Waals surface area contributed by atoms with Crippen LogP contribution in [-0.2, 0) is 80.5 Å². The predicted molar refractivity (Wildman–Crippen MR) is 179 cm³/mol. The number of aliphatic hydroxyl groups is 8. The molecule has 25 nitrogen and oxygen atoms in total. The van der Waals surface area contributed by atoms with Crippen LogP contribution in [0.25, 0.3) is 0 Å². The van der Waals surface area contributed by atoms with Gasteiger partial charge in [0.1, 0.15) is 146 Å². The van der Waals surface area contributed by atoms with Gasteiger partial charge in [0, 0.05) is 0 Å². The van der Waals surface area contributed by atoms with Crippen molar-refractivity contribution in [3.63, 3.8) is 0 Å². The molecule has 29 saturated heterocycles. The molecule has 0 amide bonds. The molecule has 29 rings (SSSR count). The molecule has 29 fully saturated rings. The van der Waals surface area contributed by atoms with Crippen LogP contribution < -0.4 is 0 Å². The lowest BCUT2D eigenvalue weighted by Gasteiger charge is -2.47. The van der Waals surface area contributed by atoms with Gasteiger partial charge in [-0.05, 0) is 0 Å². The lowest BCUT2D eigenvalue weighted by atomic mass is 9.96. The first kappa shape index (κ1) is 41.4. The van der Waals surface area contributed by atoms with Gasteiger partial charge in [-0.2, -0.15) is 0 Å². The average molecular weight is 883 g/mol. The van der Waals surface area contributed by atoms with Crippen molar-refractivity contribution in [3.05, 3.63) is 0 Å². The first-order valence-electron chi connectivity index (χ1n) is 20.9. The first-order valence-corrected chi connectivity index (χ1v) is 20.9. The summed E-state index contributed by atoms with van der Waals surface area (Å²) in [5.74, 6) is 0. The third-order valence-corrected chi connectivity index (χ3v) is 13.9. The van der Waals surface area contributed by atoms with Gasteiger partial charge in [0.15, 0.2) is 37.7 Å². The minimum absolute atomic E-state index is 0.0102. The van der Waals surface area contributed by atoms with E-state index < -0.39 is 191 Å². The maximum Gasteiger partial charge on any atom is 0.187 e. The van der Waals surface area contributed by atoms with Crippen molar-refractivity contribution in [2.24, 2.45) is 0 Å². The molecule has 0 radical (unpaired) electrons. The molecule has 0 aliphatic carbocycles. The predicted octanol–water partition coefficient (Wildman–Crippen LogP) is -7.83. The van der Waals surface area contributed by atoms with Crippen molar-refractivity contribution in [1.82, 2.24) is 0 Å². The summed E-state index contributed by atoms with van der Waals surface area (Å²) in [4.78, 5) is 0. The van der Waals surface area contributed by atoms with Crippen LogP contribution in [0.4, 0.5) is 0 Å². The van der Waals surface area contributed by atoms with Crippen molar-refractivity contribution in [2.45, 2.75) is 184 Å². The Balaban J connectivity index is 0.809. The minimum atomic E-state index is -1.77. The Morgan fingerprint density at radius 2 is 0.508 bits per heavy atom. The van der Waals surface area contributed by atoms with Crippen LogP contribution in [0.1, 0.15) is 0 Å². The Morgan fingerprint density at radius 1 is 0.262 bits per heavy atom.